The number of nitrogens with zero attached hydrogens (tertiary/aromatic N) is 1. The molecule has 0 aromatic rings. The molecule has 70 valence electrons. The lowest BCUT2D eigenvalue weighted by molar-refractivity contribution is -0.135. The smallest absolute Gasteiger partial charge is 0.329 e. The van der Waals surface area contributed by atoms with Crippen LogP contribution in [0.4, 0.5) is 0 Å². The Kier molecular flexibility index (Phi) is 2.63. The third-order valence-corrected chi connectivity index (χ3v) is 1.40. The van der Waals surface area contributed by atoms with E-state index in [1.165, 1.54) is 11.1 Å². The Bertz CT molecular complexity index is 268. The molecule has 0 radical (unpaired) electrons. The molecule has 6 nitrogen and oxygen atoms in total. The summed E-state index contributed by atoms with van der Waals surface area (Å²) in [5, 5.41) is 10.4. The standard InChI is InChI=1S/C7H8N2O4/c10-5-3-9(2-1-7(12)13)4-6(11)8-5/h1-2H,3-4H2,(H,12,13)(H,8,10,11)/b2-1+. The predicted octanol–water partition coefficient (Wildman–Crippen LogP) is -1.46. The van der Waals surface area contributed by atoms with Crippen LogP contribution in [0.15, 0.2) is 12.3 Å². The van der Waals surface area contributed by atoms with Crippen molar-refractivity contribution in [3.8, 4) is 0 Å². The number of hydrogen-bond acceptors (Lipinski definition) is 4. The number of piperazine rings is 1. The Morgan fingerprint density at radius 2 is 1.92 bits per heavy atom. The minimum absolute atomic E-state index is 0.00944. The molecule has 0 bridgehead atoms. The summed E-state index contributed by atoms with van der Waals surface area (Å²) in [5.41, 5.74) is 0. The van der Waals surface area contributed by atoms with Crippen LogP contribution in [0.5, 0.6) is 0 Å². The summed E-state index contributed by atoms with van der Waals surface area (Å²) in [5.74, 6) is -1.96. The van der Waals surface area contributed by atoms with Crippen LogP contribution in [0, 0.1) is 0 Å². The maximum absolute atomic E-state index is 10.8. The molecule has 6 heteroatoms. The molecule has 0 aromatic carbocycles. The lowest BCUT2D eigenvalue weighted by Gasteiger charge is -2.23. The summed E-state index contributed by atoms with van der Waals surface area (Å²) in [7, 11) is 0. The molecular weight excluding hydrogens is 176 g/mol. The molecule has 0 aromatic heterocycles. The lowest BCUT2D eigenvalue weighted by Crippen LogP contribution is -2.49. The van der Waals surface area contributed by atoms with Crippen LogP contribution in [-0.2, 0) is 14.4 Å². The molecule has 1 heterocycles. The van der Waals surface area contributed by atoms with E-state index in [-0.39, 0.29) is 13.1 Å². The van der Waals surface area contributed by atoms with Gasteiger partial charge in [0.05, 0.1) is 13.1 Å². The highest BCUT2D eigenvalue weighted by atomic mass is 16.4. The highest BCUT2D eigenvalue weighted by Gasteiger charge is 2.19. The summed E-state index contributed by atoms with van der Waals surface area (Å²) in [4.78, 5) is 33.0. The first-order valence-corrected chi connectivity index (χ1v) is 3.56. The van der Waals surface area contributed by atoms with E-state index in [1.54, 1.807) is 0 Å². The fraction of sp³-hybridized carbons (Fsp3) is 0.286. The average molecular weight is 184 g/mol. The Morgan fingerprint density at radius 1 is 1.38 bits per heavy atom. The van der Waals surface area contributed by atoms with E-state index < -0.39 is 17.8 Å². The van der Waals surface area contributed by atoms with Gasteiger partial charge in [-0.05, 0) is 0 Å². The lowest BCUT2D eigenvalue weighted by atomic mass is 10.3. The third-order valence-electron chi connectivity index (χ3n) is 1.40. The predicted molar refractivity (Wildman–Crippen MR) is 41.5 cm³/mol. The van der Waals surface area contributed by atoms with Gasteiger partial charge in [-0.2, -0.15) is 0 Å². The van der Waals surface area contributed by atoms with E-state index in [2.05, 4.69) is 5.32 Å². The Balaban J connectivity index is 2.55. The average Bonchev–Trinajstić information content (AvgIpc) is 1.99. The number of nitrogens with one attached hydrogen (secondary N) is 1. The molecule has 0 aliphatic carbocycles. The number of hydrogen-bond donors (Lipinski definition) is 2. The molecule has 2 amide bonds. The second kappa shape index (κ2) is 3.70. The quantitative estimate of drug-likeness (QED) is 0.404. The van der Waals surface area contributed by atoms with Gasteiger partial charge >= 0.3 is 5.97 Å². The maximum Gasteiger partial charge on any atom is 0.329 e. The van der Waals surface area contributed by atoms with Gasteiger partial charge in [0.1, 0.15) is 0 Å². The minimum Gasteiger partial charge on any atom is -0.478 e. The van der Waals surface area contributed by atoms with Crippen LogP contribution in [0.2, 0.25) is 0 Å². The summed E-state index contributed by atoms with van der Waals surface area (Å²) in [6, 6.07) is 0. The molecule has 0 unspecified atom stereocenters. The Hall–Kier alpha value is -1.85. The molecule has 1 aliphatic rings. The normalized spacial score (nSPS) is 17.7. The van der Waals surface area contributed by atoms with E-state index in [0.717, 1.165) is 6.08 Å². The molecule has 1 aliphatic heterocycles. The first-order chi connectivity index (χ1) is 6.08. The molecule has 1 rings (SSSR count). The van der Waals surface area contributed by atoms with Crippen molar-refractivity contribution in [2.24, 2.45) is 0 Å². The summed E-state index contributed by atoms with van der Waals surface area (Å²) < 4.78 is 0. The second-order valence-electron chi connectivity index (χ2n) is 2.53. The molecule has 1 saturated heterocycles. The molecule has 1 fully saturated rings. The van der Waals surface area contributed by atoms with E-state index in [0.29, 0.717) is 0 Å². The van der Waals surface area contributed by atoms with Gasteiger partial charge in [0, 0.05) is 12.3 Å². The van der Waals surface area contributed by atoms with Crippen molar-refractivity contribution in [2.75, 3.05) is 13.1 Å². The van der Waals surface area contributed by atoms with Gasteiger partial charge in [0.2, 0.25) is 11.8 Å². The number of aliphatic carboxylic acids is 1. The number of carbonyl (C=O) groups is 3. The van der Waals surface area contributed by atoms with Crippen LogP contribution in [-0.4, -0.2) is 40.9 Å². The molecule has 0 saturated carbocycles. The van der Waals surface area contributed by atoms with Crippen molar-refractivity contribution in [3.05, 3.63) is 12.3 Å². The third kappa shape index (κ3) is 2.94. The summed E-state index contributed by atoms with van der Waals surface area (Å²) >= 11 is 0. The van der Waals surface area contributed by atoms with Gasteiger partial charge in [-0.25, -0.2) is 4.79 Å². The van der Waals surface area contributed by atoms with Crippen molar-refractivity contribution in [2.45, 2.75) is 0 Å². The van der Waals surface area contributed by atoms with E-state index in [1.807, 2.05) is 0 Å². The van der Waals surface area contributed by atoms with Gasteiger partial charge in [-0.15, -0.1) is 0 Å². The molecule has 13 heavy (non-hydrogen) atoms. The first kappa shape index (κ1) is 9.24. The number of carboxylic acid groups (broad SMARTS) is 1. The number of carbonyl (C=O) groups excluding carboxylic acids is 2. The molecule has 0 spiro atoms. The topological polar surface area (TPSA) is 86.7 Å². The van der Waals surface area contributed by atoms with Gasteiger partial charge < -0.3 is 10.0 Å². The van der Waals surface area contributed by atoms with Gasteiger partial charge in [-0.1, -0.05) is 0 Å². The largest absolute Gasteiger partial charge is 0.478 e. The number of rotatable bonds is 2. The van der Waals surface area contributed by atoms with Crippen LogP contribution in [0.1, 0.15) is 0 Å². The number of amides is 2. The van der Waals surface area contributed by atoms with Crippen LogP contribution in [0.25, 0.3) is 0 Å². The zero-order valence-electron chi connectivity index (χ0n) is 6.69. The number of carboxylic acids is 1. The summed E-state index contributed by atoms with van der Waals surface area (Å²) in [6.07, 6.45) is 2.09. The van der Waals surface area contributed by atoms with Crippen molar-refractivity contribution in [3.63, 3.8) is 0 Å². The van der Waals surface area contributed by atoms with Crippen LogP contribution in [0.3, 0.4) is 0 Å². The summed E-state index contributed by atoms with van der Waals surface area (Å²) in [6.45, 7) is 0.0189. The van der Waals surface area contributed by atoms with Crippen LogP contribution < -0.4 is 5.32 Å². The molecular formula is C7H8N2O4. The van der Waals surface area contributed by atoms with Crippen LogP contribution >= 0.6 is 0 Å². The second-order valence-corrected chi connectivity index (χ2v) is 2.53. The highest BCUT2D eigenvalue weighted by molar-refractivity contribution is 5.99. The molecule has 0 atom stereocenters. The SMILES string of the molecule is O=C(O)/C=C/N1CC(=O)NC(=O)C1. The fourth-order valence-electron chi connectivity index (χ4n) is 0.934. The van der Waals surface area contributed by atoms with Crippen molar-refractivity contribution < 1.29 is 19.5 Å². The zero-order chi connectivity index (χ0) is 9.84. The Morgan fingerprint density at radius 3 is 2.38 bits per heavy atom. The highest BCUT2D eigenvalue weighted by Crippen LogP contribution is 1.95. The zero-order valence-corrected chi connectivity index (χ0v) is 6.69. The van der Waals surface area contributed by atoms with Crippen molar-refractivity contribution >= 4 is 17.8 Å². The van der Waals surface area contributed by atoms with Crippen molar-refractivity contribution in [1.29, 1.82) is 0 Å². The van der Waals surface area contributed by atoms with Gasteiger partial charge in [0.25, 0.3) is 0 Å². The Labute approximate surface area is 73.8 Å². The minimum atomic E-state index is -1.11. The monoisotopic (exact) mass is 184 g/mol. The number of imide groups is 1. The van der Waals surface area contributed by atoms with E-state index in [4.69, 9.17) is 5.11 Å². The van der Waals surface area contributed by atoms with E-state index >= 15 is 0 Å². The molecule has 2 N–H and O–H groups in total. The van der Waals surface area contributed by atoms with Crippen molar-refractivity contribution in [1.82, 2.24) is 10.2 Å². The van der Waals surface area contributed by atoms with E-state index in [9.17, 15) is 14.4 Å². The first-order valence-electron chi connectivity index (χ1n) is 3.56. The van der Waals surface area contributed by atoms with Gasteiger partial charge in [0.15, 0.2) is 0 Å². The fourth-order valence-corrected chi connectivity index (χ4v) is 0.934. The maximum atomic E-state index is 10.8. The van der Waals surface area contributed by atoms with Gasteiger partial charge in [-0.3, -0.25) is 14.9 Å².